The molecule has 0 aromatic heterocycles. The number of fused-ring (bicyclic) bond motifs is 1. The number of imide groups is 1. The van der Waals surface area contributed by atoms with Crippen LogP contribution >= 0.6 is 0 Å². The monoisotopic (exact) mass is 397 g/mol. The molecule has 4 rings (SSSR count). The molecule has 2 aromatic rings. The smallest absolute Gasteiger partial charge is 0.325 e. The molecule has 29 heavy (non-hydrogen) atoms. The highest BCUT2D eigenvalue weighted by Gasteiger charge is 2.49. The number of carbonyl (C=O) groups is 2. The topological polar surface area (TPSA) is 111 Å². The van der Waals surface area contributed by atoms with Gasteiger partial charge in [-0.2, -0.15) is 0 Å². The second-order valence-corrected chi connectivity index (χ2v) is 7.04. The van der Waals surface area contributed by atoms with Gasteiger partial charge in [0.15, 0.2) is 11.5 Å². The van der Waals surface area contributed by atoms with Gasteiger partial charge in [0.25, 0.3) is 11.6 Å². The molecule has 2 aromatic carbocycles. The van der Waals surface area contributed by atoms with Crippen LogP contribution in [0.2, 0.25) is 0 Å². The van der Waals surface area contributed by atoms with Crippen LogP contribution in [-0.4, -0.2) is 35.0 Å². The molecule has 0 saturated carbocycles. The lowest BCUT2D eigenvalue weighted by molar-refractivity contribution is -0.385. The number of nitro groups is 1. The quantitative estimate of drug-likeness (QED) is 0.482. The van der Waals surface area contributed by atoms with Gasteiger partial charge in [0.1, 0.15) is 5.54 Å². The molecule has 0 radical (unpaired) electrons. The van der Waals surface area contributed by atoms with Crippen LogP contribution in [-0.2, 0) is 16.9 Å². The third-order valence-electron chi connectivity index (χ3n) is 5.12. The summed E-state index contributed by atoms with van der Waals surface area (Å²) in [7, 11) is 0. The number of hydrogen-bond donors (Lipinski definition) is 1. The zero-order valence-corrected chi connectivity index (χ0v) is 15.7. The van der Waals surface area contributed by atoms with E-state index >= 15 is 0 Å². The molecular formula is C20H19N3O6. The van der Waals surface area contributed by atoms with E-state index in [1.54, 1.807) is 31.2 Å². The van der Waals surface area contributed by atoms with Gasteiger partial charge in [0.2, 0.25) is 0 Å². The fraction of sp³-hybridized carbons (Fsp3) is 0.300. The van der Waals surface area contributed by atoms with Crippen LogP contribution < -0.4 is 14.8 Å². The van der Waals surface area contributed by atoms with Crippen LogP contribution in [0.5, 0.6) is 11.5 Å². The summed E-state index contributed by atoms with van der Waals surface area (Å²) in [6, 6.07) is 10.5. The minimum absolute atomic E-state index is 0.141. The fourth-order valence-electron chi connectivity index (χ4n) is 3.50. The summed E-state index contributed by atoms with van der Waals surface area (Å²) in [6.07, 6.45) is 0.751. The number of amides is 3. The first-order valence-electron chi connectivity index (χ1n) is 9.16. The highest BCUT2D eigenvalue weighted by Crippen LogP contribution is 2.37. The van der Waals surface area contributed by atoms with Gasteiger partial charge in [-0.25, -0.2) is 4.79 Å². The molecule has 9 nitrogen and oxygen atoms in total. The summed E-state index contributed by atoms with van der Waals surface area (Å²) < 4.78 is 11.3. The molecule has 9 heteroatoms. The summed E-state index contributed by atoms with van der Waals surface area (Å²) in [5.74, 6) is 0.610. The molecular weight excluding hydrogens is 378 g/mol. The second-order valence-electron chi connectivity index (χ2n) is 7.04. The van der Waals surface area contributed by atoms with E-state index in [0.29, 0.717) is 30.3 Å². The lowest BCUT2D eigenvalue weighted by Gasteiger charge is -2.23. The Labute approximate surface area is 166 Å². The number of nitro benzene ring substituents is 1. The van der Waals surface area contributed by atoms with Crippen molar-refractivity contribution in [3.8, 4) is 11.5 Å². The molecule has 3 amide bonds. The van der Waals surface area contributed by atoms with Crippen molar-refractivity contribution in [2.75, 3.05) is 13.2 Å². The van der Waals surface area contributed by atoms with Gasteiger partial charge in [0.05, 0.1) is 24.7 Å². The van der Waals surface area contributed by atoms with Crippen molar-refractivity contribution in [3.05, 3.63) is 63.7 Å². The van der Waals surface area contributed by atoms with Gasteiger partial charge >= 0.3 is 6.03 Å². The normalized spacial score (nSPS) is 20.9. The third kappa shape index (κ3) is 3.24. The Hall–Kier alpha value is -3.62. The number of benzene rings is 2. The Bertz CT molecular complexity index is 1010. The molecule has 0 aliphatic carbocycles. The zero-order chi connectivity index (χ0) is 20.6. The Morgan fingerprint density at radius 3 is 2.62 bits per heavy atom. The number of urea groups is 1. The summed E-state index contributed by atoms with van der Waals surface area (Å²) in [5.41, 5.74) is -0.628. The molecule has 1 N–H and O–H groups in total. The Balaban J connectivity index is 1.64. The van der Waals surface area contributed by atoms with Crippen molar-refractivity contribution in [2.24, 2.45) is 0 Å². The van der Waals surface area contributed by atoms with Gasteiger partial charge < -0.3 is 14.8 Å². The van der Waals surface area contributed by atoms with E-state index in [4.69, 9.17) is 9.47 Å². The van der Waals surface area contributed by atoms with Crippen LogP contribution in [0, 0.1) is 10.1 Å². The fourth-order valence-corrected chi connectivity index (χ4v) is 3.50. The Kier molecular flexibility index (Phi) is 4.57. The number of nitrogens with zero attached hydrogens (tertiary/aromatic N) is 2. The lowest BCUT2D eigenvalue weighted by atomic mass is 9.91. The highest BCUT2D eigenvalue weighted by molar-refractivity contribution is 6.07. The van der Waals surface area contributed by atoms with Gasteiger partial charge in [-0.1, -0.05) is 24.3 Å². The second kappa shape index (κ2) is 7.08. The zero-order valence-electron chi connectivity index (χ0n) is 15.7. The number of carbonyl (C=O) groups excluding carboxylic acids is 2. The third-order valence-corrected chi connectivity index (χ3v) is 5.12. The van der Waals surface area contributed by atoms with E-state index < -0.39 is 22.4 Å². The first-order valence-corrected chi connectivity index (χ1v) is 9.16. The molecule has 1 fully saturated rings. The van der Waals surface area contributed by atoms with E-state index in [1.165, 1.54) is 18.2 Å². The van der Waals surface area contributed by atoms with Crippen molar-refractivity contribution in [3.63, 3.8) is 0 Å². The minimum atomic E-state index is -1.31. The number of hydrogen-bond acceptors (Lipinski definition) is 6. The van der Waals surface area contributed by atoms with Gasteiger partial charge in [-0.05, 0) is 24.6 Å². The summed E-state index contributed by atoms with van der Waals surface area (Å²) in [4.78, 5) is 37.4. The molecule has 2 aliphatic rings. The molecule has 150 valence electrons. The molecule has 0 bridgehead atoms. The van der Waals surface area contributed by atoms with Crippen LogP contribution in [0.15, 0.2) is 42.5 Å². The van der Waals surface area contributed by atoms with E-state index in [9.17, 15) is 19.7 Å². The van der Waals surface area contributed by atoms with Crippen LogP contribution in [0.25, 0.3) is 0 Å². The first-order chi connectivity index (χ1) is 13.9. The van der Waals surface area contributed by atoms with Gasteiger partial charge in [-0.15, -0.1) is 0 Å². The Morgan fingerprint density at radius 2 is 1.86 bits per heavy atom. The van der Waals surface area contributed by atoms with E-state index in [2.05, 4.69) is 5.32 Å². The molecule has 1 saturated heterocycles. The number of ether oxygens (including phenoxy) is 2. The van der Waals surface area contributed by atoms with Gasteiger partial charge in [0, 0.05) is 18.1 Å². The SMILES string of the molecule is CC1(c2ccc3c(c2)OCCCO3)NC(=O)N(Cc2ccccc2[N+](=O)[O-])C1=O. The lowest BCUT2D eigenvalue weighted by Crippen LogP contribution is -2.40. The molecule has 1 atom stereocenters. The van der Waals surface area contributed by atoms with Crippen molar-refractivity contribution < 1.29 is 24.0 Å². The average molecular weight is 397 g/mol. The van der Waals surface area contributed by atoms with Crippen LogP contribution in [0.1, 0.15) is 24.5 Å². The standard InChI is InChI=1S/C20H19N3O6/c1-20(14-7-8-16-17(11-14)29-10-4-9-28-16)18(24)22(19(25)21-20)12-13-5-2-3-6-15(13)23(26)27/h2-3,5-8,11H,4,9-10,12H2,1H3,(H,21,25). The molecule has 2 heterocycles. The van der Waals surface area contributed by atoms with E-state index in [-0.39, 0.29) is 17.8 Å². The summed E-state index contributed by atoms with van der Waals surface area (Å²) in [5, 5.41) is 14.0. The predicted molar refractivity (Wildman–Crippen MR) is 102 cm³/mol. The average Bonchev–Trinajstić information content (AvgIpc) is 2.87. The minimum Gasteiger partial charge on any atom is -0.490 e. The number of rotatable bonds is 4. The van der Waals surface area contributed by atoms with Crippen LogP contribution in [0.4, 0.5) is 10.5 Å². The largest absolute Gasteiger partial charge is 0.490 e. The molecule has 2 aliphatic heterocycles. The van der Waals surface area contributed by atoms with E-state index in [0.717, 1.165) is 11.3 Å². The summed E-state index contributed by atoms with van der Waals surface area (Å²) in [6.45, 7) is 2.45. The first kappa shape index (κ1) is 18.7. The van der Waals surface area contributed by atoms with Crippen molar-refractivity contribution in [2.45, 2.75) is 25.4 Å². The number of nitrogens with one attached hydrogen (secondary N) is 1. The Morgan fingerprint density at radius 1 is 1.14 bits per heavy atom. The number of para-hydroxylation sites is 1. The maximum Gasteiger partial charge on any atom is 0.325 e. The van der Waals surface area contributed by atoms with E-state index in [1.807, 2.05) is 0 Å². The predicted octanol–water partition coefficient (Wildman–Crippen LogP) is 2.72. The van der Waals surface area contributed by atoms with Crippen LogP contribution in [0.3, 0.4) is 0 Å². The maximum atomic E-state index is 13.2. The molecule has 0 spiro atoms. The molecule has 1 unspecified atom stereocenters. The highest BCUT2D eigenvalue weighted by atomic mass is 16.6. The summed E-state index contributed by atoms with van der Waals surface area (Å²) >= 11 is 0. The van der Waals surface area contributed by atoms with Crippen molar-refractivity contribution in [1.82, 2.24) is 10.2 Å². The van der Waals surface area contributed by atoms with Crippen molar-refractivity contribution >= 4 is 17.6 Å². The van der Waals surface area contributed by atoms with Gasteiger partial charge in [-0.3, -0.25) is 19.8 Å². The van der Waals surface area contributed by atoms with Crippen molar-refractivity contribution in [1.29, 1.82) is 0 Å². The maximum absolute atomic E-state index is 13.2.